The molecule has 0 aliphatic heterocycles. The van der Waals surface area contributed by atoms with Crippen LogP contribution in [0.4, 0.5) is 17.6 Å². The molecule has 7 heteroatoms. The fraction of sp³-hybridized carbons (Fsp3) is 0.500. The van der Waals surface area contributed by atoms with E-state index in [2.05, 4.69) is 5.32 Å². The van der Waals surface area contributed by atoms with Crippen molar-refractivity contribution >= 4 is 5.91 Å². The molecule has 1 unspecified atom stereocenters. The van der Waals surface area contributed by atoms with E-state index in [0.717, 1.165) is 12.1 Å². The van der Waals surface area contributed by atoms with Gasteiger partial charge < -0.3 is 11.1 Å². The number of alkyl halides is 3. The molecule has 1 atom stereocenters. The summed E-state index contributed by atoms with van der Waals surface area (Å²) in [5.74, 6) is -1.52. The third-order valence-electron chi connectivity index (χ3n) is 3.10. The number of carbonyl (C=O) groups excluding carboxylic acids is 1. The van der Waals surface area contributed by atoms with Crippen LogP contribution in [-0.4, -0.2) is 11.4 Å². The zero-order valence-corrected chi connectivity index (χ0v) is 11.9. The third-order valence-corrected chi connectivity index (χ3v) is 3.10. The zero-order valence-electron chi connectivity index (χ0n) is 11.9. The molecule has 0 radical (unpaired) electrons. The number of nitrogens with one attached hydrogen (secondary N) is 1. The van der Waals surface area contributed by atoms with Gasteiger partial charge in [-0.25, -0.2) is 4.39 Å². The second kappa shape index (κ2) is 6.43. The normalized spacial score (nSPS) is 14.6. The number of nitrogens with two attached hydrogens (primary N) is 1. The average Bonchev–Trinajstić information content (AvgIpc) is 2.35. The van der Waals surface area contributed by atoms with Gasteiger partial charge in [0.05, 0.1) is 11.1 Å². The van der Waals surface area contributed by atoms with Crippen molar-refractivity contribution in [2.24, 2.45) is 5.73 Å². The predicted octanol–water partition coefficient (Wildman–Crippen LogP) is 2.98. The van der Waals surface area contributed by atoms with Crippen LogP contribution in [-0.2, 0) is 17.5 Å². The molecular weight excluding hydrogens is 288 g/mol. The molecule has 3 nitrogen and oxygen atoms in total. The molecule has 0 bridgehead atoms. The molecule has 0 spiro atoms. The van der Waals surface area contributed by atoms with Crippen LogP contribution in [0.25, 0.3) is 0 Å². The van der Waals surface area contributed by atoms with E-state index >= 15 is 0 Å². The highest BCUT2D eigenvalue weighted by atomic mass is 19.4. The largest absolute Gasteiger partial charge is 0.416 e. The molecular formula is C14H18F4N2O. The Bertz CT molecular complexity index is 512. The lowest BCUT2D eigenvalue weighted by Gasteiger charge is -2.23. The van der Waals surface area contributed by atoms with Gasteiger partial charge in [-0.15, -0.1) is 0 Å². The molecule has 0 aromatic heterocycles. The standard InChI is InChI=1S/C14H18F4N2O/c1-3-6-13(2,19)12(21)20-8-9-4-5-10(15)7-11(9)14(16,17)18/h4-5,7H,3,6,8,19H2,1-2H3,(H,20,21). The maximum Gasteiger partial charge on any atom is 0.416 e. The highest BCUT2D eigenvalue weighted by molar-refractivity contribution is 5.85. The number of amides is 1. The van der Waals surface area contributed by atoms with Crippen LogP contribution in [0, 0.1) is 5.82 Å². The van der Waals surface area contributed by atoms with E-state index < -0.39 is 29.0 Å². The van der Waals surface area contributed by atoms with E-state index in [1.165, 1.54) is 6.92 Å². The van der Waals surface area contributed by atoms with Gasteiger partial charge in [0.15, 0.2) is 0 Å². The van der Waals surface area contributed by atoms with Crippen molar-refractivity contribution in [3.05, 3.63) is 35.1 Å². The molecule has 0 saturated heterocycles. The Hall–Kier alpha value is -1.63. The molecule has 0 fully saturated rings. The van der Waals surface area contributed by atoms with Gasteiger partial charge in [-0.1, -0.05) is 19.4 Å². The highest BCUT2D eigenvalue weighted by Crippen LogP contribution is 2.32. The van der Waals surface area contributed by atoms with E-state index in [9.17, 15) is 22.4 Å². The first-order valence-corrected chi connectivity index (χ1v) is 6.50. The van der Waals surface area contributed by atoms with E-state index in [1.807, 2.05) is 6.92 Å². The van der Waals surface area contributed by atoms with Crippen molar-refractivity contribution in [2.45, 2.75) is 44.9 Å². The summed E-state index contributed by atoms with van der Waals surface area (Å²) in [4.78, 5) is 11.9. The van der Waals surface area contributed by atoms with Crippen LogP contribution >= 0.6 is 0 Å². The van der Waals surface area contributed by atoms with Crippen LogP contribution in [0.1, 0.15) is 37.8 Å². The molecule has 1 amide bonds. The number of hydrogen-bond acceptors (Lipinski definition) is 2. The minimum atomic E-state index is -4.68. The van der Waals surface area contributed by atoms with Gasteiger partial charge in [0.2, 0.25) is 5.91 Å². The Morgan fingerprint density at radius 1 is 1.33 bits per heavy atom. The van der Waals surface area contributed by atoms with E-state index in [-0.39, 0.29) is 12.1 Å². The van der Waals surface area contributed by atoms with Crippen molar-refractivity contribution in [3.8, 4) is 0 Å². The second-order valence-corrected chi connectivity index (χ2v) is 5.15. The van der Waals surface area contributed by atoms with Crippen LogP contribution in [0.3, 0.4) is 0 Å². The van der Waals surface area contributed by atoms with Crippen LogP contribution in [0.2, 0.25) is 0 Å². The van der Waals surface area contributed by atoms with E-state index in [4.69, 9.17) is 5.73 Å². The predicted molar refractivity (Wildman–Crippen MR) is 70.7 cm³/mol. The first-order valence-electron chi connectivity index (χ1n) is 6.50. The smallest absolute Gasteiger partial charge is 0.350 e. The fourth-order valence-corrected chi connectivity index (χ4v) is 1.98. The summed E-state index contributed by atoms with van der Waals surface area (Å²) >= 11 is 0. The minimum Gasteiger partial charge on any atom is -0.350 e. The number of carbonyl (C=O) groups is 1. The minimum absolute atomic E-state index is 0.204. The summed E-state index contributed by atoms with van der Waals surface area (Å²) in [5, 5.41) is 2.37. The lowest BCUT2D eigenvalue weighted by atomic mass is 9.96. The lowest BCUT2D eigenvalue weighted by molar-refractivity contribution is -0.138. The van der Waals surface area contributed by atoms with Crippen molar-refractivity contribution in [1.82, 2.24) is 5.32 Å². The Morgan fingerprint density at radius 3 is 2.48 bits per heavy atom. The third kappa shape index (κ3) is 4.70. The Labute approximate surface area is 120 Å². The van der Waals surface area contributed by atoms with Gasteiger partial charge >= 0.3 is 6.18 Å². The van der Waals surface area contributed by atoms with Gasteiger partial charge in [-0.3, -0.25) is 4.79 Å². The first kappa shape index (κ1) is 17.4. The average molecular weight is 306 g/mol. The molecule has 1 rings (SSSR count). The molecule has 21 heavy (non-hydrogen) atoms. The maximum atomic E-state index is 13.0. The van der Waals surface area contributed by atoms with Gasteiger partial charge in [0, 0.05) is 6.54 Å². The van der Waals surface area contributed by atoms with Crippen molar-refractivity contribution in [2.75, 3.05) is 0 Å². The lowest BCUT2D eigenvalue weighted by Crippen LogP contribution is -2.51. The quantitative estimate of drug-likeness (QED) is 0.822. The summed E-state index contributed by atoms with van der Waals surface area (Å²) < 4.78 is 51.4. The Morgan fingerprint density at radius 2 is 1.95 bits per heavy atom. The second-order valence-electron chi connectivity index (χ2n) is 5.15. The van der Waals surface area contributed by atoms with E-state index in [1.54, 1.807) is 0 Å². The van der Waals surface area contributed by atoms with E-state index in [0.29, 0.717) is 18.9 Å². The molecule has 0 saturated carbocycles. The van der Waals surface area contributed by atoms with Crippen LogP contribution in [0.5, 0.6) is 0 Å². The fourth-order valence-electron chi connectivity index (χ4n) is 1.98. The molecule has 0 aliphatic rings. The van der Waals surface area contributed by atoms with Crippen molar-refractivity contribution in [3.63, 3.8) is 0 Å². The summed E-state index contributed by atoms with van der Waals surface area (Å²) in [6.07, 6.45) is -3.60. The summed E-state index contributed by atoms with van der Waals surface area (Å²) in [6.45, 7) is 3.01. The van der Waals surface area contributed by atoms with Gasteiger partial charge in [0.1, 0.15) is 5.82 Å². The summed E-state index contributed by atoms with van der Waals surface area (Å²) in [6, 6.07) is 2.34. The monoisotopic (exact) mass is 306 g/mol. The van der Waals surface area contributed by atoms with Crippen molar-refractivity contribution in [1.29, 1.82) is 0 Å². The summed E-state index contributed by atoms with van der Waals surface area (Å²) in [7, 11) is 0. The molecule has 1 aromatic carbocycles. The molecule has 118 valence electrons. The van der Waals surface area contributed by atoms with Gasteiger partial charge in [-0.2, -0.15) is 13.2 Å². The Balaban J connectivity index is 2.88. The molecule has 0 aliphatic carbocycles. The van der Waals surface area contributed by atoms with Crippen LogP contribution in [0.15, 0.2) is 18.2 Å². The molecule has 1 aromatic rings. The number of benzene rings is 1. The Kier molecular flexibility index (Phi) is 5.33. The van der Waals surface area contributed by atoms with Gasteiger partial charge in [-0.05, 0) is 31.0 Å². The highest BCUT2D eigenvalue weighted by Gasteiger charge is 2.34. The molecule has 3 N–H and O–H groups in total. The zero-order chi connectivity index (χ0) is 16.3. The summed E-state index contributed by atoms with van der Waals surface area (Å²) in [5.41, 5.74) is 3.34. The SMILES string of the molecule is CCCC(C)(N)C(=O)NCc1ccc(F)cc1C(F)(F)F. The maximum absolute atomic E-state index is 13.0. The van der Waals surface area contributed by atoms with Crippen molar-refractivity contribution < 1.29 is 22.4 Å². The topological polar surface area (TPSA) is 55.1 Å². The van der Waals surface area contributed by atoms with Gasteiger partial charge in [0.25, 0.3) is 0 Å². The van der Waals surface area contributed by atoms with Crippen LogP contribution < -0.4 is 11.1 Å². The number of halogens is 4. The number of hydrogen-bond donors (Lipinski definition) is 2. The number of rotatable bonds is 5. The molecule has 0 heterocycles. The first-order chi connectivity index (χ1) is 9.58.